The SMILES string of the molecule is CN1CCc2cc3c4cc2[C@@H]1Cc1ccc(OCCCN2CCCC2)c(c1)Oc1ccc(cc1)C[C@H]1c2c(cc(OCCCN5CCCC5)c(c2O4)O3)CCN1C. The Morgan fingerprint density at radius 1 is 0.561 bits per heavy atom. The van der Waals surface area contributed by atoms with Crippen molar-refractivity contribution in [2.45, 2.75) is 76.3 Å². The van der Waals surface area contributed by atoms with Gasteiger partial charge in [-0.25, -0.2) is 0 Å². The molecule has 7 aliphatic rings. The van der Waals surface area contributed by atoms with Crippen LogP contribution in [0.5, 0.6) is 46.0 Å². The minimum Gasteiger partial charge on any atom is -0.490 e. The van der Waals surface area contributed by atoms with Crippen molar-refractivity contribution in [2.24, 2.45) is 0 Å². The lowest BCUT2D eigenvalue weighted by atomic mass is 9.86. The van der Waals surface area contributed by atoms with Gasteiger partial charge in [0.15, 0.2) is 34.5 Å². The first-order valence-electron chi connectivity index (χ1n) is 21.8. The molecule has 0 aliphatic carbocycles. The second-order valence-electron chi connectivity index (χ2n) is 17.2. The lowest BCUT2D eigenvalue weighted by Gasteiger charge is -2.39. The van der Waals surface area contributed by atoms with Crippen LogP contribution in [0.3, 0.4) is 0 Å². The Balaban J connectivity index is 1.01. The van der Waals surface area contributed by atoms with Crippen molar-refractivity contribution in [3.8, 4) is 46.0 Å². The number of ether oxygens (including phenoxy) is 5. The molecule has 0 N–H and O–H groups in total. The van der Waals surface area contributed by atoms with E-state index in [9.17, 15) is 0 Å². The molecule has 300 valence electrons. The molecule has 7 aliphatic heterocycles. The number of likely N-dealkylation sites (tertiary alicyclic amines) is 2. The van der Waals surface area contributed by atoms with Crippen molar-refractivity contribution < 1.29 is 23.7 Å². The van der Waals surface area contributed by atoms with E-state index >= 15 is 0 Å². The van der Waals surface area contributed by atoms with Crippen LogP contribution in [0.4, 0.5) is 0 Å². The summed E-state index contributed by atoms with van der Waals surface area (Å²) in [6.45, 7) is 10.2. The minimum absolute atomic E-state index is 0.108. The molecule has 7 bridgehead atoms. The van der Waals surface area contributed by atoms with E-state index in [1.165, 1.54) is 85.2 Å². The third-order valence-corrected chi connectivity index (χ3v) is 13.3. The molecule has 0 amide bonds. The fourth-order valence-corrected chi connectivity index (χ4v) is 10.1. The number of likely N-dealkylation sites (N-methyl/N-ethyl adjacent to an activating group) is 2. The molecule has 0 unspecified atom stereocenters. The van der Waals surface area contributed by atoms with Gasteiger partial charge in [-0.3, -0.25) is 9.80 Å². The Labute approximate surface area is 338 Å². The molecule has 2 fully saturated rings. The summed E-state index contributed by atoms with van der Waals surface area (Å²) in [6, 6.07) is 22.2. The fourth-order valence-electron chi connectivity index (χ4n) is 10.1. The molecule has 9 heteroatoms. The zero-order chi connectivity index (χ0) is 38.3. The number of hydrogen-bond acceptors (Lipinski definition) is 9. The van der Waals surface area contributed by atoms with Gasteiger partial charge in [0.2, 0.25) is 5.75 Å². The topological polar surface area (TPSA) is 59.1 Å². The van der Waals surface area contributed by atoms with Gasteiger partial charge in [0.05, 0.1) is 13.2 Å². The number of nitrogens with zero attached hydrogens (tertiary/aromatic N) is 4. The highest BCUT2D eigenvalue weighted by Gasteiger charge is 2.37. The first kappa shape index (κ1) is 37.0. The monoisotopic (exact) mass is 770 g/mol. The van der Waals surface area contributed by atoms with Crippen LogP contribution in [-0.4, -0.2) is 99.3 Å². The Hall–Kier alpha value is -4.28. The molecule has 2 atom stereocenters. The maximum absolute atomic E-state index is 7.15. The maximum Gasteiger partial charge on any atom is 0.212 e. The summed E-state index contributed by atoms with van der Waals surface area (Å²) >= 11 is 0. The van der Waals surface area contributed by atoms with Gasteiger partial charge in [-0.05, 0) is 175 Å². The molecular formula is C48H58N4O5. The number of rotatable bonds is 10. The largest absolute Gasteiger partial charge is 0.490 e. The van der Waals surface area contributed by atoms with E-state index in [0.29, 0.717) is 13.2 Å². The normalized spacial score (nSPS) is 21.8. The van der Waals surface area contributed by atoms with Crippen LogP contribution in [0.2, 0.25) is 0 Å². The molecule has 4 aromatic carbocycles. The van der Waals surface area contributed by atoms with Crippen LogP contribution in [0.25, 0.3) is 0 Å². The number of hydrogen-bond donors (Lipinski definition) is 0. The zero-order valence-corrected chi connectivity index (χ0v) is 33.9. The van der Waals surface area contributed by atoms with Gasteiger partial charge in [0, 0.05) is 43.8 Å². The van der Waals surface area contributed by atoms with E-state index in [-0.39, 0.29) is 12.1 Å². The molecule has 7 heterocycles. The zero-order valence-electron chi connectivity index (χ0n) is 33.9. The molecule has 57 heavy (non-hydrogen) atoms. The molecule has 4 aromatic rings. The second kappa shape index (κ2) is 16.2. The van der Waals surface area contributed by atoms with Gasteiger partial charge in [0.25, 0.3) is 0 Å². The van der Waals surface area contributed by atoms with Crippen LogP contribution in [-0.2, 0) is 25.7 Å². The summed E-state index contributed by atoms with van der Waals surface area (Å²) < 4.78 is 33.9. The summed E-state index contributed by atoms with van der Waals surface area (Å²) in [4.78, 5) is 10.0. The predicted octanol–water partition coefficient (Wildman–Crippen LogP) is 8.96. The van der Waals surface area contributed by atoms with E-state index in [0.717, 1.165) is 111 Å². The van der Waals surface area contributed by atoms with Gasteiger partial charge in [0.1, 0.15) is 5.75 Å². The van der Waals surface area contributed by atoms with Gasteiger partial charge >= 0.3 is 0 Å². The lowest BCUT2D eigenvalue weighted by Crippen LogP contribution is -2.34. The molecule has 9 nitrogen and oxygen atoms in total. The smallest absolute Gasteiger partial charge is 0.212 e. The third kappa shape index (κ3) is 7.72. The molecule has 0 radical (unpaired) electrons. The first-order valence-corrected chi connectivity index (χ1v) is 21.8. The summed E-state index contributed by atoms with van der Waals surface area (Å²) in [5.41, 5.74) is 7.57. The highest BCUT2D eigenvalue weighted by Crippen LogP contribution is 2.57. The summed E-state index contributed by atoms with van der Waals surface area (Å²) in [7, 11) is 4.48. The average molecular weight is 771 g/mol. The van der Waals surface area contributed by atoms with Crippen molar-refractivity contribution in [3.05, 3.63) is 94.0 Å². The predicted molar refractivity (Wildman–Crippen MR) is 223 cm³/mol. The minimum atomic E-state index is 0.108. The first-order chi connectivity index (χ1) is 28.0. The van der Waals surface area contributed by atoms with Crippen LogP contribution in [0.1, 0.15) is 84.0 Å². The second-order valence-corrected chi connectivity index (χ2v) is 17.2. The van der Waals surface area contributed by atoms with Crippen LogP contribution in [0.15, 0.2) is 60.7 Å². The van der Waals surface area contributed by atoms with Crippen molar-refractivity contribution in [3.63, 3.8) is 0 Å². The Morgan fingerprint density at radius 3 is 1.91 bits per heavy atom. The third-order valence-electron chi connectivity index (χ3n) is 13.3. The highest BCUT2D eigenvalue weighted by atomic mass is 16.6. The molecule has 0 spiro atoms. The quantitative estimate of drug-likeness (QED) is 0.130. The van der Waals surface area contributed by atoms with Crippen LogP contribution < -0.4 is 23.7 Å². The van der Waals surface area contributed by atoms with Crippen molar-refractivity contribution in [1.82, 2.24) is 19.6 Å². The maximum atomic E-state index is 7.15. The van der Waals surface area contributed by atoms with Crippen molar-refractivity contribution >= 4 is 0 Å². The Morgan fingerprint density at radius 2 is 1.18 bits per heavy atom. The molecule has 2 saturated heterocycles. The van der Waals surface area contributed by atoms with Gasteiger partial charge in [-0.2, -0.15) is 0 Å². The molecule has 11 rings (SSSR count). The summed E-state index contributed by atoms with van der Waals surface area (Å²) in [5, 5.41) is 0. The van der Waals surface area contributed by atoms with Crippen molar-refractivity contribution in [2.75, 3.05) is 79.7 Å². The Bertz CT molecular complexity index is 2070. The van der Waals surface area contributed by atoms with Gasteiger partial charge in [-0.15, -0.1) is 0 Å². The lowest BCUT2D eigenvalue weighted by molar-refractivity contribution is 0.215. The highest BCUT2D eigenvalue weighted by molar-refractivity contribution is 5.67. The molecule has 0 aromatic heterocycles. The molecule has 0 saturated carbocycles. The fraction of sp³-hybridized carbons (Fsp3) is 0.500. The summed E-state index contributed by atoms with van der Waals surface area (Å²) in [6.07, 6.45) is 10.8. The van der Waals surface area contributed by atoms with E-state index in [1.54, 1.807) is 0 Å². The van der Waals surface area contributed by atoms with Crippen molar-refractivity contribution in [1.29, 1.82) is 0 Å². The van der Waals surface area contributed by atoms with Gasteiger partial charge < -0.3 is 33.5 Å². The van der Waals surface area contributed by atoms with Crippen LogP contribution >= 0.6 is 0 Å². The van der Waals surface area contributed by atoms with Gasteiger partial charge in [-0.1, -0.05) is 18.2 Å². The number of benzene rings is 4. The molecular weight excluding hydrogens is 713 g/mol. The number of fused-ring (bicyclic) bond motifs is 2. The van der Waals surface area contributed by atoms with E-state index in [4.69, 9.17) is 23.7 Å². The Kier molecular flexibility index (Phi) is 10.5. The van der Waals surface area contributed by atoms with E-state index in [1.807, 2.05) is 0 Å². The summed E-state index contributed by atoms with van der Waals surface area (Å²) in [5.74, 6) is 6.28. The van der Waals surface area contributed by atoms with E-state index < -0.39 is 0 Å². The average Bonchev–Trinajstić information content (AvgIpc) is 3.95. The van der Waals surface area contributed by atoms with Crippen LogP contribution in [0, 0.1) is 0 Å². The van der Waals surface area contributed by atoms with E-state index in [2.05, 4.69) is 94.4 Å². The standard InChI is InChI=1S/C48H58N4O5/c1-49-23-15-35-30-43-44-32-38(35)39(49)28-34-11-14-41(53-25-7-21-51-17-3-4-18-51)42(29-34)55-37-12-9-33(10-13-37)27-40-46-36(16-24-50(40)2)31-45(47(56-43)48(46)57-44)54-26-8-22-52-19-5-6-20-52/h9-14,29-32,39-40H,3-8,15-28H2,1-2H3/t39-,40-/m0/s1.